The fourth-order valence-electron chi connectivity index (χ4n) is 5.40. The first kappa shape index (κ1) is 30.8. The zero-order chi connectivity index (χ0) is 33.7. The van der Waals surface area contributed by atoms with Crippen LogP contribution in [0.3, 0.4) is 0 Å². The highest BCUT2D eigenvalue weighted by Gasteiger charge is 2.38. The molecule has 12 nitrogen and oxygen atoms in total. The molecule has 47 heavy (non-hydrogen) atoms. The quantitative estimate of drug-likeness (QED) is 0.180. The maximum Gasteiger partial charge on any atom is 0.362 e. The van der Waals surface area contributed by atoms with Crippen LogP contribution in [-0.2, 0) is 19.7 Å². The summed E-state index contributed by atoms with van der Waals surface area (Å²) in [4.78, 5) is 42.2. The molecule has 0 atom stereocenters. The molecule has 0 heterocycles. The van der Waals surface area contributed by atoms with Crippen LogP contribution in [-0.4, -0.2) is 60.3 Å². The van der Waals surface area contributed by atoms with Gasteiger partial charge in [-0.3, -0.25) is 14.4 Å². The third-order valence-electron chi connectivity index (χ3n) is 7.63. The molecule has 0 aromatic heterocycles. The Morgan fingerprint density at radius 3 is 1.62 bits per heavy atom. The standard InChI is InChI=1S/C33H18N4O8S2/c34-36-24-15-12-19-21(30(24)39)8-4-10-26(19)46(42,43)28-17-14-23(29(38)18-6-2-1-3-7-18)33(32(28)41)47(44,45)27-11-5-9-22-20(27)13-16-25(37-35)31(22)40/h1-17,41H. The maximum absolute atomic E-state index is 14.5. The third-order valence-corrected chi connectivity index (χ3v) is 11.4. The third kappa shape index (κ3) is 4.81. The Balaban J connectivity index is 1.63. The highest BCUT2D eigenvalue weighted by Crippen LogP contribution is 2.42. The molecular formula is C33H18N4O8S2. The van der Waals surface area contributed by atoms with E-state index in [1.807, 2.05) is 0 Å². The molecule has 14 heteroatoms. The molecule has 0 spiro atoms. The highest BCUT2D eigenvalue weighted by molar-refractivity contribution is 7.92. The van der Waals surface area contributed by atoms with Gasteiger partial charge in [-0.15, -0.1) is 0 Å². The van der Waals surface area contributed by atoms with E-state index in [0.29, 0.717) is 0 Å². The van der Waals surface area contributed by atoms with Gasteiger partial charge in [0.2, 0.25) is 19.7 Å². The minimum absolute atomic E-state index is 0.0371. The van der Waals surface area contributed by atoms with Gasteiger partial charge in [0.05, 0.1) is 9.79 Å². The second-order valence-electron chi connectivity index (χ2n) is 10.2. The predicted octanol–water partition coefficient (Wildman–Crippen LogP) is 4.05. The molecule has 0 unspecified atom stereocenters. The number of benzene rings is 4. The number of allylic oxidation sites excluding steroid dienone is 2. The summed E-state index contributed by atoms with van der Waals surface area (Å²) in [5.74, 6) is -3.69. The molecule has 230 valence electrons. The van der Waals surface area contributed by atoms with Gasteiger partial charge in [-0.2, -0.15) is 9.58 Å². The Morgan fingerprint density at radius 2 is 1.11 bits per heavy atom. The summed E-state index contributed by atoms with van der Waals surface area (Å²) in [5.41, 5.74) is 16.6. The van der Waals surface area contributed by atoms with Crippen molar-refractivity contribution in [3.8, 4) is 5.75 Å². The van der Waals surface area contributed by atoms with Crippen molar-refractivity contribution in [3.63, 3.8) is 0 Å². The van der Waals surface area contributed by atoms with E-state index in [9.17, 15) is 41.9 Å². The molecular weight excluding hydrogens is 645 g/mol. The molecule has 2 aliphatic rings. The van der Waals surface area contributed by atoms with Gasteiger partial charge in [-0.25, -0.2) is 16.8 Å². The van der Waals surface area contributed by atoms with Gasteiger partial charge < -0.3 is 16.2 Å². The van der Waals surface area contributed by atoms with E-state index in [1.54, 1.807) is 6.07 Å². The summed E-state index contributed by atoms with van der Waals surface area (Å²) < 4.78 is 57.2. The van der Waals surface area contributed by atoms with Crippen molar-refractivity contribution in [1.29, 1.82) is 0 Å². The Bertz CT molecular complexity index is 2510. The van der Waals surface area contributed by atoms with Crippen LogP contribution in [0.5, 0.6) is 5.75 Å². The van der Waals surface area contributed by atoms with E-state index < -0.39 is 67.9 Å². The summed E-state index contributed by atoms with van der Waals surface area (Å²) in [5, 5.41) is 11.6. The summed E-state index contributed by atoms with van der Waals surface area (Å²) in [6.45, 7) is 0. The van der Waals surface area contributed by atoms with Crippen LogP contribution < -0.4 is 0 Å². The number of Topliss-reactive ketones (excluding diaryl/α,β-unsaturated/α-hetero) is 2. The summed E-state index contributed by atoms with van der Waals surface area (Å²) in [6, 6.07) is 16.7. The topological polar surface area (TPSA) is 213 Å². The number of hydrogen-bond acceptors (Lipinski definition) is 8. The van der Waals surface area contributed by atoms with Crippen LogP contribution in [0.15, 0.2) is 111 Å². The number of rotatable bonds is 6. The van der Waals surface area contributed by atoms with E-state index >= 15 is 0 Å². The van der Waals surface area contributed by atoms with Crippen LogP contribution in [0.1, 0.15) is 47.8 Å². The van der Waals surface area contributed by atoms with Crippen molar-refractivity contribution in [2.45, 2.75) is 19.6 Å². The number of aromatic hydroxyl groups is 1. The SMILES string of the molecule is [N-]=[N+]=C1C=Cc2c(cccc2S(=O)(=O)c2ccc(C(=O)c3ccccc3)c(S(=O)(=O)c3cccc4c3C=CC(=[N+]=[N-])C4=O)c2O)C1=O. The predicted molar refractivity (Wildman–Crippen MR) is 166 cm³/mol. The second-order valence-corrected chi connectivity index (χ2v) is 14.0. The largest absolute Gasteiger partial charge is 0.505 e. The minimum atomic E-state index is -5.00. The molecule has 6 rings (SSSR count). The van der Waals surface area contributed by atoms with E-state index in [0.717, 1.165) is 36.4 Å². The average Bonchev–Trinajstić information content (AvgIpc) is 3.08. The number of carbonyl (C=O) groups excluding carboxylic acids is 3. The Hall–Kier alpha value is -6.17. The Kier molecular flexibility index (Phi) is 7.43. The molecule has 2 aliphatic carbocycles. The van der Waals surface area contributed by atoms with Crippen LogP contribution in [0.4, 0.5) is 0 Å². The smallest absolute Gasteiger partial charge is 0.362 e. The lowest BCUT2D eigenvalue weighted by molar-refractivity contribution is -0.00459. The van der Waals surface area contributed by atoms with Crippen molar-refractivity contribution in [2.24, 2.45) is 0 Å². The van der Waals surface area contributed by atoms with E-state index in [-0.39, 0.29) is 39.2 Å². The van der Waals surface area contributed by atoms with Gasteiger partial charge in [-0.05, 0) is 36.4 Å². The zero-order valence-corrected chi connectivity index (χ0v) is 25.4. The first-order valence-electron chi connectivity index (χ1n) is 13.5. The molecule has 4 aromatic rings. The van der Waals surface area contributed by atoms with E-state index in [1.165, 1.54) is 60.7 Å². The number of hydrogen-bond donors (Lipinski definition) is 1. The van der Waals surface area contributed by atoms with Crippen molar-refractivity contribution in [2.75, 3.05) is 0 Å². The van der Waals surface area contributed by atoms with E-state index in [4.69, 9.17) is 5.53 Å². The molecule has 0 saturated heterocycles. The van der Waals surface area contributed by atoms with Crippen LogP contribution >= 0.6 is 0 Å². The molecule has 0 aliphatic heterocycles. The first-order chi connectivity index (χ1) is 22.4. The highest BCUT2D eigenvalue weighted by atomic mass is 32.2. The summed E-state index contributed by atoms with van der Waals surface area (Å²) in [6.07, 6.45) is 4.62. The van der Waals surface area contributed by atoms with Gasteiger partial charge in [0.15, 0.2) is 11.5 Å². The minimum Gasteiger partial charge on any atom is -0.505 e. The normalized spacial score (nSPS) is 13.9. The van der Waals surface area contributed by atoms with Crippen molar-refractivity contribution < 1.29 is 45.9 Å². The number of phenolic OH excluding ortho intramolecular Hbond substituents is 1. The fraction of sp³-hybridized carbons (Fsp3) is 0. The van der Waals surface area contributed by atoms with Crippen molar-refractivity contribution in [3.05, 3.63) is 135 Å². The Labute approximate surface area is 266 Å². The van der Waals surface area contributed by atoms with Crippen LogP contribution in [0, 0.1) is 0 Å². The second kappa shape index (κ2) is 11.3. The molecule has 1 N–H and O–H groups in total. The summed E-state index contributed by atoms with van der Waals surface area (Å²) in [7, 11) is -9.81. The number of fused-ring (bicyclic) bond motifs is 2. The maximum atomic E-state index is 14.5. The number of nitrogens with zero attached hydrogens (tertiary/aromatic N) is 4. The lowest BCUT2D eigenvalue weighted by Crippen LogP contribution is -2.21. The number of carbonyl (C=O) groups is 3. The fourth-order valence-corrected chi connectivity index (χ4v) is 8.79. The number of phenols is 1. The first-order valence-corrected chi connectivity index (χ1v) is 16.5. The van der Waals surface area contributed by atoms with Gasteiger partial charge in [0, 0.05) is 45.5 Å². The molecule has 0 radical (unpaired) electrons. The van der Waals surface area contributed by atoms with Crippen LogP contribution in [0.2, 0.25) is 0 Å². The lowest BCUT2D eigenvalue weighted by atomic mass is 9.95. The van der Waals surface area contributed by atoms with Crippen molar-refractivity contribution >= 4 is 60.6 Å². The molecule has 0 fully saturated rings. The van der Waals surface area contributed by atoms with Gasteiger partial charge in [-0.1, -0.05) is 54.6 Å². The van der Waals surface area contributed by atoms with Gasteiger partial charge in [0.1, 0.15) is 9.79 Å². The molecule has 4 aromatic carbocycles. The van der Waals surface area contributed by atoms with Gasteiger partial charge >= 0.3 is 11.4 Å². The molecule has 0 bridgehead atoms. The van der Waals surface area contributed by atoms with Gasteiger partial charge in [0.25, 0.3) is 11.6 Å². The number of sulfone groups is 2. The molecule has 0 saturated carbocycles. The summed E-state index contributed by atoms with van der Waals surface area (Å²) >= 11 is 0. The zero-order valence-electron chi connectivity index (χ0n) is 23.7. The number of ketones is 3. The van der Waals surface area contributed by atoms with E-state index in [2.05, 4.69) is 9.58 Å². The lowest BCUT2D eigenvalue weighted by Gasteiger charge is -2.19. The van der Waals surface area contributed by atoms with Crippen molar-refractivity contribution in [1.82, 2.24) is 0 Å². The van der Waals surface area contributed by atoms with Crippen LogP contribution in [0.25, 0.3) is 23.2 Å². The molecule has 0 amide bonds. The Morgan fingerprint density at radius 1 is 0.596 bits per heavy atom. The monoisotopic (exact) mass is 662 g/mol. The average molecular weight is 663 g/mol.